The summed E-state index contributed by atoms with van der Waals surface area (Å²) >= 11 is 0. The lowest BCUT2D eigenvalue weighted by Crippen LogP contribution is -2.44. The SMILES string of the molecule is C=CCN1CCOCC1C#N. The summed E-state index contributed by atoms with van der Waals surface area (Å²) in [5.74, 6) is 0. The summed E-state index contributed by atoms with van der Waals surface area (Å²) in [5, 5.41) is 8.68. The van der Waals surface area contributed by atoms with Gasteiger partial charge in [-0.15, -0.1) is 6.58 Å². The molecule has 0 radical (unpaired) electrons. The Morgan fingerprint density at radius 2 is 2.64 bits per heavy atom. The molecule has 1 atom stereocenters. The molecule has 1 rings (SSSR count). The summed E-state index contributed by atoms with van der Waals surface area (Å²) in [7, 11) is 0. The fourth-order valence-corrected chi connectivity index (χ4v) is 1.14. The van der Waals surface area contributed by atoms with Gasteiger partial charge in [0, 0.05) is 13.1 Å². The van der Waals surface area contributed by atoms with E-state index in [0.717, 1.165) is 19.7 Å². The molecule has 0 saturated carbocycles. The normalized spacial score (nSPS) is 25.9. The quantitative estimate of drug-likeness (QED) is 0.537. The Hall–Kier alpha value is -0.850. The van der Waals surface area contributed by atoms with E-state index in [-0.39, 0.29) is 6.04 Å². The molecule has 0 aromatic rings. The Balaban J connectivity index is 2.45. The molecule has 1 saturated heterocycles. The molecule has 1 fully saturated rings. The van der Waals surface area contributed by atoms with E-state index in [1.807, 2.05) is 6.08 Å². The van der Waals surface area contributed by atoms with Gasteiger partial charge in [-0.1, -0.05) is 6.08 Å². The third-order valence-corrected chi connectivity index (χ3v) is 1.75. The van der Waals surface area contributed by atoms with Gasteiger partial charge in [0.1, 0.15) is 6.04 Å². The van der Waals surface area contributed by atoms with Crippen molar-refractivity contribution in [3.05, 3.63) is 12.7 Å². The van der Waals surface area contributed by atoms with Crippen LogP contribution in [0, 0.1) is 11.3 Å². The van der Waals surface area contributed by atoms with Crippen molar-refractivity contribution in [3.63, 3.8) is 0 Å². The summed E-state index contributed by atoms with van der Waals surface area (Å²) < 4.78 is 5.15. The molecule has 3 heteroatoms. The number of morpholine rings is 1. The summed E-state index contributed by atoms with van der Waals surface area (Å²) in [5.41, 5.74) is 0. The Bertz CT molecular complexity index is 173. The molecule has 0 N–H and O–H groups in total. The van der Waals surface area contributed by atoms with Crippen molar-refractivity contribution in [1.29, 1.82) is 5.26 Å². The van der Waals surface area contributed by atoms with E-state index >= 15 is 0 Å². The van der Waals surface area contributed by atoms with Gasteiger partial charge in [0.15, 0.2) is 0 Å². The maximum Gasteiger partial charge on any atom is 0.122 e. The molecule has 0 amide bonds. The minimum absolute atomic E-state index is 0.0817. The molecule has 0 aliphatic carbocycles. The summed E-state index contributed by atoms with van der Waals surface area (Å²) in [4.78, 5) is 2.07. The topological polar surface area (TPSA) is 36.3 Å². The molecule has 0 spiro atoms. The van der Waals surface area contributed by atoms with E-state index in [0.29, 0.717) is 6.61 Å². The third kappa shape index (κ3) is 2.04. The number of ether oxygens (including phenoxy) is 1. The lowest BCUT2D eigenvalue weighted by atomic mass is 10.2. The smallest absolute Gasteiger partial charge is 0.122 e. The second-order valence-electron chi connectivity index (χ2n) is 2.50. The Morgan fingerprint density at radius 1 is 1.82 bits per heavy atom. The van der Waals surface area contributed by atoms with Gasteiger partial charge in [-0.05, 0) is 0 Å². The first-order valence-electron chi connectivity index (χ1n) is 3.71. The molecule has 0 bridgehead atoms. The predicted octanol–water partition coefficient (Wildman–Crippen LogP) is 0.397. The standard InChI is InChI=1S/C8H12N2O/c1-2-3-10-4-5-11-7-8(10)6-9/h2,8H,1,3-5,7H2. The van der Waals surface area contributed by atoms with Crippen molar-refractivity contribution in [2.75, 3.05) is 26.3 Å². The zero-order chi connectivity index (χ0) is 8.10. The van der Waals surface area contributed by atoms with Crippen LogP contribution < -0.4 is 0 Å². The van der Waals surface area contributed by atoms with Gasteiger partial charge in [-0.2, -0.15) is 5.26 Å². The van der Waals surface area contributed by atoms with Gasteiger partial charge in [-0.3, -0.25) is 4.90 Å². The first kappa shape index (κ1) is 8.25. The van der Waals surface area contributed by atoms with Gasteiger partial charge in [0.2, 0.25) is 0 Å². The van der Waals surface area contributed by atoms with Gasteiger partial charge >= 0.3 is 0 Å². The van der Waals surface area contributed by atoms with Crippen LogP contribution in [-0.2, 0) is 4.74 Å². The highest BCUT2D eigenvalue weighted by atomic mass is 16.5. The number of hydrogen-bond donors (Lipinski definition) is 0. The molecule has 11 heavy (non-hydrogen) atoms. The molecule has 1 unspecified atom stereocenters. The first-order valence-corrected chi connectivity index (χ1v) is 3.71. The highest BCUT2D eigenvalue weighted by Crippen LogP contribution is 2.04. The highest BCUT2D eigenvalue weighted by Gasteiger charge is 2.20. The van der Waals surface area contributed by atoms with Crippen molar-refractivity contribution in [1.82, 2.24) is 4.90 Å². The van der Waals surface area contributed by atoms with Crippen LogP contribution >= 0.6 is 0 Å². The van der Waals surface area contributed by atoms with Gasteiger partial charge < -0.3 is 4.74 Å². The molecule has 1 aliphatic rings. The van der Waals surface area contributed by atoms with Crippen LogP contribution in [-0.4, -0.2) is 37.2 Å². The average molecular weight is 152 g/mol. The molecule has 1 heterocycles. The first-order chi connectivity index (χ1) is 5.38. The molecule has 60 valence electrons. The molecular formula is C8H12N2O. The van der Waals surface area contributed by atoms with Crippen molar-refractivity contribution < 1.29 is 4.74 Å². The van der Waals surface area contributed by atoms with Gasteiger partial charge in [-0.25, -0.2) is 0 Å². The Kier molecular flexibility index (Phi) is 3.09. The van der Waals surface area contributed by atoms with Gasteiger partial charge in [0.25, 0.3) is 0 Å². The summed E-state index contributed by atoms with van der Waals surface area (Å²) in [6.45, 7) is 6.51. The van der Waals surface area contributed by atoms with E-state index in [9.17, 15) is 0 Å². The third-order valence-electron chi connectivity index (χ3n) is 1.75. The van der Waals surface area contributed by atoms with E-state index in [1.165, 1.54) is 0 Å². The second-order valence-corrected chi connectivity index (χ2v) is 2.50. The van der Waals surface area contributed by atoms with Crippen molar-refractivity contribution in [2.24, 2.45) is 0 Å². The van der Waals surface area contributed by atoms with E-state index in [4.69, 9.17) is 10.00 Å². The van der Waals surface area contributed by atoms with Crippen molar-refractivity contribution in [3.8, 4) is 6.07 Å². The number of nitriles is 1. The van der Waals surface area contributed by atoms with Crippen LogP contribution in [0.25, 0.3) is 0 Å². The van der Waals surface area contributed by atoms with Crippen LogP contribution in [0.5, 0.6) is 0 Å². The minimum atomic E-state index is -0.0817. The number of rotatable bonds is 2. The zero-order valence-corrected chi connectivity index (χ0v) is 6.49. The maximum atomic E-state index is 8.68. The molecule has 0 aromatic heterocycles. The zero-order valence-electron chi connectivity index (χ0n) is 6.49. The second kappa shape index (κ2) is 4.12. The lowest BCUT2D eigenvalue weighted by Gasteiger charge is -2.29. The molecular weight excluding hydrogens is 140 g/mol. The summed E-state index contributed by atoms with van der Waals surface area (Å²) in [6.07, 6.45) is 1.82. The van der Waals surface area contributed by atoms with E-state index in [2.05, 4.69) is 17.5 Å². The minimum Gasteiger partial charge on any atom is -0.377 e. The van der Waals surface area contributed by atoms with Crippen LogP contribution in [0.3, 0.4) is 0 Å². The Labute approximate surface area is 66.9 Å². The lowest BCUT2D eigenvalue weighted by molar-refractivity contribution is 0.0187. The van der Waals surface area contributed by atoms with Crippen molar-refractivity contribution >= 4 is 0 Å². The van der Waals surface area contributed by atoms with Crippen LogP contribution in [0.4, 0.5) is 0 Å². The predicted molar refractivity (Wildman–Crippen MR) is 42.0 cm³/mol. The number of nitrogens with zero attached hydrogens (tertiary/aromatic N) is 2. The van der Waals surface area contributed by atoms with Crippen LogP contribution in [0.2, 0.25) is 0 Å². The van der Waals surface area contributed by atoms with Crippen LogP contribution in [0.15, 0.2) is 12.7 Å². The summed E-state index contributed by atoms with van der Waals surface area (Å²) in [6, 6.07) is 2.11. The maximum absolute atomic E-state index is 8.68. The fourth-order valence-electron chi connectivity index (χ4n) is 1.14. The largest absolute Gasteiger partial charge is 0.377 e. The van der Waals surface area contributed by atoms with Gasteiger partial charge in [0.05, 0.1) is 19.3 Å². The molecule has 0 aromatic carbocycles. The number of hydrogen-bond acceptors (Lipinski definition) is 3. The molecule has 3 nitrogen and oxygen atoms in total. The van der Waals surface area contributed by atoms with Crippen molar-refractivity contribution in [2.45, 2.75) is 6.04 Å². The van der Waals surface area contributed by atoms with Crippen LogP contribution in [0.1, 0.15) is 0 Å². The molecule has 1 aliphatic heterocycles. The van der Waals surface area contributed by atoms with E-state index in [1.54, 1.807) is 0 Å². The fraction of sp³-hybridized carbons (Fsp3) is 0.625. The average Bonchev–Trinajstić information content (AvgIpc) is 2.06. The Morgan fingerprint density at radius 3 is 3.27 bits per heavy atom. The van der Waals surface area contributed by atoms with E-state index < -0.39 is 0 Å². The highest BCUT2D eigenvalue weighted by molar-refractivity contribution is 4.95. The monoisotopic (exact) mass is 152 g/mol.